The average Bonchev–Trinajstić information content (AvgIpc) is 3.42. The summed E-state index contributed by atoms with van der Waals surface area (Å²) in [6.45, 7) is 7.25. The van der Waals surface area contributed by atoms with Gasteiger partial charge in [-0.05, 0) is 38.6 Å². The van der Waals surface area contributed by atoms with Gasteiger partial charge in [0, 0.05) is 39.3 Å². The van der Waals surface area contributed by atoms with Crippen LogP contribution in [0.25, 0.3) is 0 Å². The lowest BCUT2D eigenvalue weighted by Gasteiger charge is -2.22. The molecule has 0 aromatic heterocycles. The number of nitrogens with one attached hydrogen (secondary N) is 2. The third kappa shape index (κ3) is 7.53. The molecule has 2 rings (SSSR count). The summed E-state index contributed by atoms with van der Waals surface area (Å²) < 4.78 is 5.95. The number of aliphatic imine (C=N–C) groups is 1. The Morgan fingerprint density at radius 3 is 2.48 bits per heavy atom. The van der Waals surface area contributed by atoms with Crippen LogP contribution >= 0.6 is 0 Å². The summed E-state index contributed by atoms with van der Waals surface area (Å²) in [5.41, 5.74) is 0. The minimum absolute atomic E-state index is 0.517. The summed E-state index contributed by atoms with van der Waals surface area (Å²) in [6.07, 6.45) is 10.9. The minimum atomic E-state index is 0.517. The minimum Gasteiger partial charge on any atom is -0.378 e. The normalized spacial score (nSPS) is 20.0. The van der Waals surface area contributed by atoms with Crippen LogP contribution in [0, 0.1) is 0 Å². The van der Waals surface area contributed by atoms with Crippen LogP contribution in [0.15, 0.2) is 4.99 Å². The summed E-state index contributed by atoms with van der Waals surface area (Å²) in [5, 5.41) is 6.80. The third-order valence-corrected chi connectivity index (χ3v) is 4.90. The summed E-state index contributed by atoms with van der Waals surface area (Å²) in [6, 6.07) is 0.841. The first-order valence-corrected chi connectivity index (χ1v) is 9.63. The van der Waals surface area contributed by atoms with E-state index in [0.29, 0.717) is 6.10 Å². The van der Waals surface area contributed by atoms with E-state index in [1.807, 2.05) is 7.05 Å². The zero-order chi connectivity index (χ0) is 16.3. The van der Waals surface area contributed by atoms with Gasteiger partial charge in [0.05, 0.1) is 6.10 Å². The van der Waals surface area contributed by atoms with Gasteiger partial charge in [0.15, 0.2) is 5.96 Å². The van der Waals surface area contributed by atoms with E-state index in [9.17, 15) is 0 Å². The lowest BCUT2D eigenvalue weighted by atomic mass is 9.98. The second-order valence-electron chi connectivity index (χ2n) is 6.77. The van der Waals surface area contributed by atoms with Gasteiger partial charge >= 0.3 is 0 Å². The second kappa shape index (κ2) is 10.9. The van der Waals surface area contributed by atoms with Gasteiger partial charge < -0.3 is 15.4 Å². The Bertz CT molecular complexity index is 338. The molecule has 2 aliphatic carbocycles. The molecule has 0 bridgehead atoms. The van der Waals surface area contributed by atoms with Gasteiger partial charge in [-0.15, -0.1) is 0 Å². The zero-order valence-electron chi connectivity index (χ0n) is 15.1. The van der Waals surface area contributed by atoms with Crippen LogP contribution < -0.4 is 10.6 Å². The topological polar surface area (TPSA) is 48.9 Å². The molecule has 5 heteroatoms. The van der Waals surface area contributed by atoms with E-state index in [1.54, 1.807) is 0 Å². The maximum atomic E-state index is 5.95. The summed E-state index contributed by atoms with van der Waals surface area (Å²) in [4.78, 5) is 6.85. The number of likely N-dealkylation sites (N-methyl/N-ethyl adjacent to an activating group) is 1. The molecule has 0 unspecified atom stereocenters. The molecular weight excluding hydrogens is 288 g/mol. The van der Waals surface area contributed by atoms with Crippen molar-refractivity contribution in [2.45, 2.75) is 70.4 Å². The molecule has 0 amide bonds. The van der Waals surface area contributed by atoms with Crippen LogP contribution in [0.3, 0.4) is 0 Å². The lowest BCUT2D eigenvalue weighted by molar-refractivity contribution is 0.0277. The largest absolute Gasteiger partial charge is 0.378 e. The number of ether oxygens (including phenoxy) is 1. The second-order valence-corrected chi connectivity index (χ2v) is 6.77. The predicted molar refractivity (Wildman–Crippen MR) is 97.1 cm³/mol. The summed E-state index contributed by atoms with van der Waals surface area (Å²) >= 11 is 0. The maximum Gasteiger partial charge on any atom is 0.191 e. The van der Waals surface area contributed by atoms with Crippen molar-refractivity contribution in [1.82, 2.24) is 15.5 Å². The molecule has 0 aromatic carbocycles. The first-order valence-electron chi connectivity index (χ1n) is 9.63. The van der Waals surface area contributed by atoms with Gasteiger partial charge in [0.2, 0.25) is 0 Å². The number of guanidine groups is 1. The van der Waals surface area contributed by atoms with Crippen LogP contribution in [-0.4, -0.2) is 62.8 Å². The SMILES string of the molecule is CCN(CCNC(=NC)NCCCOC1CCCCC1)C1CC1. The van der Waals surface area contributed by atoms with Crippen molar-refractivity contribution >= 4 is 5.96 Å². The molecule has 23 heavy (non-hydrogen) atoms. The van der Waals surface area contributed by atoms with Gasteiger partial charge in [0.25, 0.3) is 0 Å². The molecule has 0 atom stereocenters. The molecule has 0 heterocycles. The van der Waals surface area contributed by atoms with Crippen molar-refractivity contribution in [3.05, 3.63) is 0 Å². The molecule has 0 aliphatic heterocycles. The van der Waals surface area contributed by atoms with Crippen molar-refractivity contribution in [3.8, 4) is 0 Å². The highest BCUT2D eigenvalue weighted by molar-refractivity contribution is 5.79. The third-order valence-electron chi connectivity index (χ3n) is 4.90. The van der Waals surface area contributed by atoms with Crippen molar-refractivity contribution in [2.75, 3.05) is 39.8 Å². The summed E-state index contributed by atoms with van der Waals surface area (Å²) in [7, 11) is 1.84. The molecule has 0 spiro atoms. The van der Waals surface area contributed by atoms with Crippen molar-refractivity contribution in [3.63, 3.8) is 0 Å². The maximum absolute atomic E-state index is 5.95. The smallest absolute Gasteiger partial charge is 0.191 e. The molecule has 2 saturated carbocycles. The van der Waals surface area contributed by atoms with Crippen LogP contribution in [0.5, 0.6) is 0 Å². The van der Waals surface area contributed by atoms with E-state index in [-0.39, 0.29) is 0 Å². The zero-order valence-corrected chi connectivity index (χ0v) is 15.1. The monoisotopic (exact) mass is 324 g/mol. The molecule has 2 aliphatic rings. The van der Waals surface area contributed by atoms with Gasteiger partial charge in [-0.1, -0.05) is 26.2 Å². The Kier molecular flexibility index (Phi) is 8.76. The number of nitrogens with zero attached hydrogens (tertiary/aromatic N) is 2. The van der Waals surface area contributed by atoms with E-state index in [0.717, 1.165) is 51.2 Å². The average molecular weight is 325 g/mol. The van der Waals surface area contributed by atoms with Crippen LogP contribution in [0.1, 0.15) is 58.3 Å². The van der Waals surface area contributed by atoms with E-state index in [2.05, 4.69) is 27.4 Å². The highest BCUT2D eigenvalue weighted by atomic mass is 16.5. The Morgan fingerprint density at radius 1 is 1.09 bits per heavy atom. The fourth-order valence-electron chi connectivity index (χ4n) is 3.34. The molecule has 2 fully saturated rings. The molecule has 134 valence electrons. The first-order chi connectivity index (χ1) is 11.3. The van der Waals surface area contributed by atoms with E-state index in [4.69, 9.17) is 4.74 Å². The van der Waals surface area contributed by atoms with Gasteiger partial charge in [-0.3, -0.25) is 9.89 Å². The number of rotatable bonds is 10. The number of hydrogen-bond donors (Lipinski definition) is 2. The number of hydrogen-bond acceptors (Lipinski definition) is 3. The standard InChI is InChI=1S/C18H36N4O/c1-3-22(16-10-11-16)14-13-21-18(19-2)20-12-7-15-23-17-8-5-4-6-9-17/h16-17H,3-15H2,1-2H3,(H2,19,20,21). The Hall–Kier alpha value is -0.810. The van der Waals surface area contributed by atoms with Crippen LogP contribution in [0.4, 0.5) is 0 Å². The molecule has 0 saturated heterocycles. The fraction of sp³-hybridized carbons (Fsp3) is 0.944. The molecule has 5 nitrogen and oxygen atoms in total. The van der Waals surface area contributed by atoms with Gasteiger partial charge in [-0.2, -0.15) is 0 Å². The highest BCUT2D eigenvalue weighted by Gasteiger charge is 2.27. The predicted octanol–water partition coefficient (Wildman–Crippen LogP) is 2.38. The Balaban J connectivity index is 1.47. The lowest BCUT2D eigenvalue weighted by Crippen LogP contribution is -2.42. The molecular formula is C18H36N4O. The van der Waals surface area contributed by atoms with Crippen molar-refractivity contribution < 1.29 is 4.74 Å². The fourth-order valence-corrected chi connectivity index (χ4v) is 3.34. The van der Waals surface area contributed by atoms with E-state index in [1.165, 1.54) is 44.9 Å². The van der Waals surface area contributed by atoms with Crippen LogP contribution in [0.2, 0.25) is 0 Å². The van der Waals surface area contributed by atoms with E-state index < -0.39 is 0 Å². The van der Waals surface area contributed by atoms with E-state index >= 15 is 0 Å². The Labute approximate surface area is 142 Å². The van der Waals surface area contributed by atoms with Crippen molar-refractivity contribution in [1.29, 1.82) is 0 Å². The molecule has 0 aromatic rings. The Morgan fingerprint density at radius 2 is 1.83 bits per heavy atom. The quantitative estimate of drug-likeness (QED) is 0.368. The van der Waals surface area contributed by atoms with Gasteiger partial charge in [-0.25, -0.2) is 0 Å². The molecule has 0 radical (unpaired) electrons. The van der Waals surface area contributed by atoms with Crippen molar-refractivity contribution in [2.24, 2.45) is 4.99 Å². The first kappa shape index (κ1) is 18.5. The summed E-state index contributed by atoms with van der Waals surface area (Å²) in [5.74, 6) is 0.912. The molecule has 2 N–H and O–H groups in total. The highest BCUT2D eigenvalue weighted by Crippen LogP contribution is 2.25. The van der Waals surface area contributed by atoms with Gasteiger partial charge in [0.1, 0.15) is 0 Å². The van der Waals surface area contributed by atoms with Crippen LogP contribution in [-0.2, 0) is 4.74 Å².